The average molecular weight is 388 g/mol. The van der Waals surface area contributed by atoms with Crippen molar-refractivity contribution in [2.24, 2.45) is 0 Å². The van der Waals surface area contributed by atoms with Crippen LogP contribution in [-0.2, 0) is 9.59 Å². The maximum absolute atomic E-state index is 12.5. The second-order valence-corrected chi connectivity index (χ2v) is 6.88. The topological polar surface area (TPSA) is 70.7 Å². The monoisotopic (exact) mass is 387 g/mol. The van der Waals surface area contributed by atoms with E-state index in [1.807, 2.05) is 42.7 Å². The molecule has 2 aromatic rings. The summed E-state index contributed by atoms with van der Waals surface area (Å²) in [4.78, 5) is 27.6. The van der Waals surface area contributed by atoms with Crippen LogP contribution in [0, 0.1) is 0 Å². The van der Waals surface area contributed by atoms with Gasteiger partial charge in [0.1, 0.15) is 5.75 Å². The molecule has 2 amide bonds. The molecule has 2 rings (SSSR count). The number of benzene rings is 2. The van der Waals surface area contributed by atoms with Gasteiger partial charge in [0.2, 0.25) is 11.8 Å². The summed E-state index contributed by atoms with van der Waals surface area (Å²) in [7, 11) is 3.30. The van der Waals surface area contributed by atoms with Crippen molar-refractivity contribution in [2.75, 3.05) is 37.6 Å². The van der Waals surface area contributed by atoms with Crippen LogP contribution < -0.4 is 15.4 Å². The molecule has 0 radical (unpaired) electrons. The van der Waals surface area contributed by atoms with Gasteiger partial charge in [0.15, 0.2) is 0 Å². The Hall–Kier alpha value is -2.51. The van der Waals surface area contributed by atoms with Gasteiger partial charge in [-0.1, -0.05) is 24.3 Å². The van der Waals surface area contributed by atoms with Crippen LogP contribution in [0.5, 0.6) is 5.75 Å². The molecule has 0 aliphatic rings. The predicted molar refractivity (Wildman–Crippen MR) is 111 cm³/mol. The lowest BCUT2D eigenvalue weighted by molar-refractivity contribution is -0.122. The molecule has 0 bridgehead atoms. The van der Waals surface area contributed by atoms with Gasteiger partial charge in [-0.2, -0.15) is 0 Å². The first-order chi connectivity index (χ1) is 13.0. The summed E-state index contributed by atoms with van der Waals surface area (Å²) < 4.78 is 5.24. The van der Waals surface area contributed by atoms with Crippen molar-refractivity contribution in [3.05, 3.63) is 48.5 Å². The number of para-hydroxylation sites is 3. The molecule has 1 atom stereocenters. The van der Waals surface area contributed by atoms with Gasteiger partial charge in [-0.3, -0.25) is 14.5 Å². The summed E-state index contributed by atoms with van der Waals surface area (Å²) in [5, 5.41) is 5.74. The van der Waals surface area contributed by atoms with Gasteiger partial charge in [0.25, 0.3) is 0 Å². The van der Waals surface area contributed by atoms with E-state index in [1.54, 1.807) is 49.9 Å². The molecule has 0 aromatic heterocycles. The summed E-state index contributed by atoms with van der Waals surface area (Å²) in [6, 6.07) is 14.3. The van der Waals surface area contributed by atoms with E-state index in [-0.39, 0.29) is 18.4 Å². The SMILES string of the molecule is COc1ccccc1NC(=O)[C@@H](C)N(C)CC(=O)Nc1ccccc1SC. The van der Waals surface area contributed by atoms with E-state index in [2.05, 4.69) is 10.6 Å². The first-order valence-electron chi connectivity index (χ1n) is 8.53. The molecule has 0 saturated heterocycles. The fraction of sp³-hybridized carbons (Fsp3) is 0.300. The van der Waals surface area contributed by atoms with Crippen LogP contribution in [0.15, 0.2) is 53.4 Å². The van der Waals surface area contributed by atoms with E-state index >= 15 is 0 Å². The number of carbonyl (C=O) groups is 2. The normalized spacial score (nSPS) is 11.7. The van der Waals surface area contributed by atoms with Crippen LogP contribution in [0.2, 0.25) is 0 Å². The van der Waals surface area contributed by atoms with E-state index in [0.717, 1.165) is 10.6 Å². The standard InChI is InChI=1S/C20H25N3O3S/c1-14(20(25)22-15-9-5-7-11-17(15)26-3)23(2)13-19(24)21-16-10-6-8-12-18(16)27-4/h5-12,14H,13H2,1-4H3,(H,21,24)(H,22,25)/t14-/m1/s1. The third kappa shape index (κ3) is 5.74. The number of likely N-dealkylation sites (N-methyl/N-ethyl adjacent to an activating group) is 1. The molecule has 6 nitrogen and oxygen atoms in total. The van der Waals surface area contributed by atoms with Gasteiger partial charge in [0.05, 0.1) is 31.1 Å². The Balaban J connectivity index is 1.95. The molecule has 0 saturated carbocycles. The minimum absolute atomic E-state index is 0.100. The predicted octanol–water partition coefficient (Wildman–Crippen LogP) is 3.31. The summed E-state index contributed by atoms with van der Waals surface area (Å²) in [5.41, 5.74) is 1.37. The molecule has 2 N–H and O–H groups in total. The minimum atomic E-state index is -0.489. The lowest BCUT2D eigenvalue weighted by atomic mass is 10.2. The first kappa shape index (κ1) is 20.8. The molecule has 0 unspecified atom stereocenters. The smallest absolute Gasteiger partial charge is 0.241 e. The highest BCUT2D eigenvalue weighted by molar-refractivity contribution is 7.98. The zero-order chi connectivity index (χ0) is 19.8. The Kier molecular flexibility index (Phi) is 7.69. The van der Waals surface area contributed by atoms with Crippen molar-refractivity contribution < 1.29 is 14.3 Å². The zero-order valence-electron chi connectivity index (χ0n) is 16.0. The molecule has 0 aliphatic heterocycles. The van der Waals surface area contributed by atoms with Crippen LogP contribution in [0.25, 0.3) is 0 Å². The number of amides is 2. The number of methoxy groups -OCH3 is 1. The number of nitrogens with zero attached hydrogens (tertiary/aromatic N) is 1. The second-order valence-electron chi connectivity index (χ2n) is 6.03. The number of ether oxygens (including phenoxy) is 1. The molecule has 0 aliphatic carbocycles. The number of carbonyl (C=O) groups excluding carboxylic acids is 2. The van der Waals surface area contributed by atoms with Gasteiger partial charge in [-0.25, -0.2) is 0 Å². The summed E-state index contributed by atoms with van der Waals surface area (Å²) >= 11 is 1.57. The molecule has 0 heterocycles. The van der Waals surface area contributed by atoms with E-state index < -0.39 is 6.04 Å². The van der Waals surface area contributed by atoms with Gasteiger partial charge < -0.3 is 15.4 Å². The Morgan fingerprint density at radius 3 is 2.37 bits per heavy atom. The van der Waals surface area contributed by atoms with Gasteiger partial charge in [-0.05, 0) is 44.5 Å². The number of thioether (sulfide) groups is 1. The van der Waals surface area contributed by atoms with E-state index in [1.165, 1.54) is 0 Å². The Morgan fingerprint density at radius 2 is 1.70 bits per heavy atom. The summed E-state index contributed by atoms with van der Waals surface area (Å²) in [5.74, 6) is 0.211. The second kappa shape index (κ2) is 9.99. The lowest BCUT2D eigenvalue weighted by Gasteiger charge is -2.24. The molecular weight excluding hydrogens is 362 g/mol. The number of anilines is 2. The van der Waals surface area contributed by atoms with Crippen molar-refractivity contribution in [2.45, 2.75) is 17.9 Å². The average Bonchev–Trinajstić information content (AvgIpc) is 2.68. The molecule has 2 aromatic carbocycles. The lowest BCUT2D eigenvalue weighted by Crippen LogP contribution is -2.43. The maximum Gasteiger partial charge on any atom is 0.241 e. The number of hydrogen-bond acceptors (Lipinski definition) is 5. The fourth-order valence-electron chi connectivity index (χ4n) is 2.49. The van der Waals surface area contributed by atoms with Crippen LogP contribution in [0.4, 0.5) is 11.4 Å². The van der Waals surface area contributed by atoms with Crippen molar-refractivity contribution in [3.8, 4) is 5.75 Å². The number of nitrogens with one attached hydrogen (secondary N) is 2. The fourth-order valence-corrected chi connectivity index (χ4v) is 3.04. The van der Waals surface area contributed by atoms with Gasteiger partial charge in [0, 0.05) is 4.90 Å². The Morgan fingerprint density at radius 1 is 1.07 bits per heavy atom. The third-order valence-corrected chi connectivity index (χ3v) is 4.98. The minimum Gasteiger partial charge on any atom is -0.495 e. The molecule has 0 spiro atoms. The molecular formula is C20H25N3O3S. The van der Waals surface area contributed by atoms with Crippen molar-refractivity contribution in [1.29, 1.82) is 0 Å². The van der Waals surface area contributed by atoms with Crippen LogP contribution in [0.1, 0.15) is 6.92 Å². The largest absolute Gasteiger partial charge is 0.495 e. The van der Waals surface area contributed by atoms with Crippen LogP contribution >= 0.6 is 11.8 Å². The van der Waals surface area contributed by atoms with Crippen LogP contribution in [0.3, 0.4) is 0 Å². The molecule has 27 heavy (non-hydrogen) atoms. The maximum atomic E-state index is 12.5. The van der Waals surface area contributed by atoms with E-state index in [0.29, 0.717) is 11.4 Å². The summed E-state index contributed by atoms with van der Waals surface area (Å²) in [6.45, 7) is 1.86. The highest BCUT2D eigenvalue weighted by atomic mass is 32.2. The quantitative estimate of drug-likeness (QED) is 0.680. The van der Waals surface area contributed by atoms with Crippen molar-refractivity contribution in [3.63, 3.8) is 0 Å². The molecule has 144 valence electrons. The molecule has 7 heteroatoms. The van der Waals surface area contributed by atoms with E-state index in [4.69, 9.17) is 4.74 Å². The highest BCUT2D eigenvalue weighted by Gasteiger charge is 2.21. The Bertz CT molecular complexity index is 798. The number of rotatable bonds is 8. The first-order valence-corrected chi connectivity index (χ1v) is 9.75. The van der Waals surface area contributed by atoms with Crippen molar-refractivity contribution in [1.82, 2.24) is 4.90 Å². The summed E-state index contributed by atoms with van der Waals surface area (Å²) in [6.07, 6.45) is 1.96. The van der Waals surface area contributed by atoms with Crippen molar-refractivity contribution >= 4 is 35.0 Å². The van der Waals surface area contributed by atoms with Crippen LogP contribution in [-0.4, -0.2) is 49.7 Å². The highest BCUT2D eigenvalue weighted by Crippen LogP contribution is 2.25. The van der Waals surface area contributed by atoms with E-state index in [9.17, 15) is 9.59 Å². The van der Waals surface area contributed by atoms with Gasteiger partial charge >= 0.3 is 0 Å². The number of hydrogen-bond donors (Lipinski definition) is 2. The van der Waals surface area contributed by atoms with Gasteiger partial charge in [-0.15, -0.1) is 11.8 Å². The zero-order valence-corrected chi connectivity index (χ0v) is 16.8. The third-order valence-electron chi connectivity index (χ3n) is 4.18. The Labute approximate surface area is 164 Å². The molecule has 0 fully saturated rings.